The molecule has 2 fully saturated rings. The van der Waals surface area contributed by atoms with Crippen molar-refractivity contribution in [1.82, 2.24) is 19.9 Å². The van der Waals surface area contributed by atoms with E-state index in [1.54, 1.807) is 0 Å². The van der Waals surface area contributed by atoms with Gasteiger partial charge in [-0.1, -0.05) is 6.07 Å². The van der Waals surface area contributed by atoms with Gasteiger partial charge in [-0.15, -0.1) is 0 Å². The average molecular weight is 309 g/mol. The molecular formula is C18H23N5. The molecular weight excluding hydrogens is 286 g/mol. The lowest BCUT2D eigenvalue weighted by Crippen LogP contribution is -2.45. The van der Waals surface area contributed by atoms with Crippen LogP contribution in [0, 0.1) is 5.41 Å². The van der Waals surface area contributed by atoms with Crippen LogP contribution in [0.1, 0.15) is 25.0 Å². The third-order valence-corrected chi connectivity index (χ3v) is 5.13. The highest BCUT2D eigenvalue weighted by Crippen LogP contribution is 2.40. The van der Waals surface area contributed by atoms with E-state index in [1.165, 1.54) is 31.5 Å². The number of rotatable bonds is 3. The third kappa shape index (κ3) is 3.20. The van der Waals surface area contributed by atoms with Crippen molar-refractivity contribution in [2.24, 2.45) is 5.41 Å². The number of piperidine rings is 1. The zero-order chi connectivity index (χ0) is 15.5. The van der Waals surface area contributed by atoms with Crippen molar-refractivity contribution in [3.05, 3.63) is 48.5 Å². The summed E-state index contributed by atoms with van der Waals surface area (Å²) >= 11 is 0. The topological polar surface area (TPSA) is 45.2 Å². The molecule has 0 saturated carbocycles. The standard InChI is InChI=1S/C18H23N5/c1-2-8-19-16(5-1)13-22-12-7-18(14-22)6-3-11-23(15-18)17-20-9-4-10-21-17/h1-2,4-5,8-10H,3,6-7,11-15H2. The van der Waals surface area contributed by atoms with Gasteiger partial charge in [0.25, 0.3) is 0 Å². The van der Waals surface area contributed by atoms with Crippen LogP contribution in [-0.4, -0.2) is 46.0 Å². The molecule has 1 atom stereocenters. The Morgan fingerprint density at radius 1 is 0.913 bits per heavy atom. The number of aromatic nitrogens is 3. The molecule has 0 aromatic carbocycles. The molecule has 23 heavy (non-hydrogen) atoms. The van der Waals surface area contributed by atoms with Crippen molar-refractivity contribution in [1.29, 1.82) is 0 Å². The summed E-state index contributed by atoms with van der Waals surface area (Å²) in [5.74, 6) is 0.884. The van der Waals surface area contributed by atoms with Gasteiger partial charge in [-0.2, -0.15) is 0 Å². The highest BCUT2D eigenvalue weighted by molar-refractivity contribution is 5.30. The minimum absolute atomic E-state index is 0.395. The summed E-state index contributed by atoms with van der Waals surface area (Å²) in [4.78, 5) is 18.3. The van der Waals surface area contributed by atoms with E-state index in [0.717, 1.165) is 32.1 Å². The molecule has 4 heterocycles. The van der Waals surface area contributed by atoms with Crippen molar-refractivity contribution in [3.63, 3.8) is 0 Å². The van der Waals surface area contributed by atoms with Gasteiger partial charge in [0.1, 0.15) is 0 Å². The van der Waals surface area contributed by atoms with E-state index in [0.29, 0.717) is 5.41 Å². The zero-order valence-electron chi connectivity index (χ0n) is 13.4. The quantitative estimate of drug-likeness (QED) is 0.871. The first-order valence-electron chi connectivity index (χ1n) is 8.47. The van der Waals surface area contributed by atoms with E-state index >= 15 is 0 Å². The van der Waals surface area contributed by atoms with E-state index in [-0.39, 0.29) is 0 Å². The molecule has 2 aromatic rings. The number of hydrogen-bond acceptors (Lipinski definition) is 5. The van der Waals surface area contributed by atoms with Crippen LogP contribution in [0.25, 0.3) is 0 Å². The van der Waals surface area contributed by atoms with Gasteiger partial charge in [0.15, 0.2) is 0 Å². The van der Waals surface area contributed by atoms with Crippen LogP contribution in [0.15, 0.2) is 42.9 Å². The van der Waals surface area contributed by atoms with Crippen LogP contribution in [-0.2, 0) is 6.54 Å². The van der Waals surface area contributed by atoms with Crippen LogP contribution in [0.4, 0.5) is 5.95 Å². The largest absolute Gasteiger partial charge is 0.340 e. The number of likely N-dealkylation sites (tertiary alicyclic amines) is 1. The summed E-state index contributed by atoms with van der Waals surface area (Å²) in [7, 11) is 0. The first-order chi connectivity index (χ1) is 11.3. The highest BCUT2D eigenvalue weighted by atomic mass is 15.3. The Balaban J connectivity index is 1.43. The SMILES string of the molecule is c1ccc(CN2CCC3(CCCN(c4ncccn4)C3)C2)nc1. The highest BCUT2D eigenvalue weighted by Gasteiger charge is 2.41. The monoisotopic (exact) mass is 309 g/mol. The van der Waals surface area contributed by atoms with E-state index in [2.05, 4.69) is 36.9 Å². The average Bonchev–Trinajstić information content (AvgIpc) is 2.98. The molecule has 0 radical (unpaired) electrons. The van der Waals surface area contributed by atoms with E-state index in [1.807, 2.05) is 30.7 Å². The minimum atomic E-state index is 0.395. The molecule has 5 nitrogen and oxygen atoms in total. The summed E-state index contributed by atoms with van der Waals surface area (Å²) in [6.45, 7) is 5.44. The normalized spacial score (nSPS) is 25.1. The number of hydrogen-bond donors (Lipinski definition) is 0. The molecule has 1 spiro atoms. The maximum absolute atomic E-state index is 4.47. The van der Waals surface area contributed by atoms with Gasteiger partial charge < -0.3 is 4.90 Å². The molecule has 0 N–H and O–H groups in total. The second kappa shape index (κ2) is 6.24. The van der Waals surface area contributed by atoms with Crippen LogP contribution < -0.4 is 4.90 Å². The zero-order valence-corrected chi connectivity index (χ0v) is 13.4. The van der Waals surface area contributed by atoms with Crippen molar-refractivity contribution >= 4 is 5.95 Å². The number of nitrogens with zero attached hydrogens (tertiary/aromatic N) is 5. The van der Waals surface area contributed by atoms with E-state index in [4.69, 9.17) is 0 Å². The smallest absolute Gasteiger partial charge is 0.225 e. The first kappa shape index (κ1) is 14.6. The van der Waals surface area contributed by atoms with Gasteiger partial charge in [0, 0.05) is 50.2 Å². The van der Waals surface area contributed by atoms with Crippen LogP contribution in [0.5, 0.6) is 0 Å². The van der Waals surface area contributed by atoms with Crippen LogP contribution in [0.3, 0.4) is 0 Å². The summed E-state index contributed by atoms with van der Waals surface area (Å²) in [5, 5.41) is 0. The molecule has 0 aliphatic carbocycles. The lowest BCUT2D eigenvalue weighted by atomic mass is 9.79. The van der Waals surface area contributed by atoms with Gasteiger partial charge in [-0.05, 0) is 44.0 Å². The minimum Gasteiger partial charge on any atom is -0.340 e. The molecule has 4 rings (SSSR count). The molecule has 2 aliphatic rings. The Hall–Kier alpha value is -2.01. The Morgan fingerprint density at radius 2 is 1.78 bits per heavy atom. The Bertz CT molecular complexity index is 632. The summed E-state index contributed by atoms with van der Waals surface area (Å²) < 4.78 is 0. The molecule has 1 unspecified atom stereocenters. The Morgan fingerprint density at radius 3 is 2.61 bits per heavy atom. The summed E-state index contributed by atoms with van der Waals surface area (Å²) in [5.41, 5.74) is 1.57. The number of pyridine rings is 1. The van der Waals surface area contributed by atoms with Crippen LogP contribution >= 0.6 is 0 Å². The van der Waals surface area contributed by atoms with Crippen molar-refractivity contribution in [3.8, 4) is 0 Å². The molecule has 2 aromatic heterocycles. The van der Waals surface area contributed by atoms with Gasteiger partial charge in [0.05, 0.1) is 5.69 Å². The third-order valence-electron chi connectivity index (χ3n) is 5.13. The van der Waals surface area contributed by atoms with E-state index < -0.39 is 0 Å². The second-order valence-corrected chi connectivity index (χ2v) is 6.86. The predicted molar refractivity (Wildman–Crippen MR) is 90.0 cm³/mol. The van der Waals surface area contributed by atoms with Crippen molar-refractivity contribution < 1.29 is 0 Å². The Kier molecular flexibility index (Phi) is 3.95. The van der Waals surface area contributed by atoms with Gasteiger partial charge in [0.2, 0.25) is 5.95 Å². The van der Waals surface area contributed by atoms with Crippen LogP contribution in [0.2, 0.25) is 0 Å². The first-order valence-corrected chi connectivity index (χ1v) is 8.47. The lowest BCUT2D eigenvalue weighted by Gasteiger charge is -2.40. The maximum Gasteiger partial charge on any atom is 0.225 e. The fraction of sp³-hybridized carbons (Fsp3) is 0.500. The van der Waals surface area contributed by atoms with Gasteiger partial charge in [-0.25, -0.2) is 9.97 Å². The maximum atomic E-state index is 4.47. The lowest BCUT2D eigenvalue weighted by molar-refractivity contribution is 0.214. The fourth-order valence-corrected chi connectivity index (χ4v) is 4.05. The molecule has 120 valence electrons. The molecule has 0 bridgehead atoms. The fourth-order valence-electron chi connectivity index (χ4n) is 4.05. The Labute approximate surface area is 137 Å². The number of anilines is 1. The molecule has 2 saturated heterocycles. The molecule has 2 aliphatic heterocycles. The second-order valence-electron chi connectivity index (χ2n) is 6.86. The van der Waals surface area contributed by atoms with Gasteiger partial charge >= 0.3 is 0 Å². The van der Waals surface area contributed by atoms with Gasteiger partial charge in [-0.3, -0.25) is 9.88 Å². The summed E-state index contributed by atoms with van der Waals surface area (Å²) in [6.07, 6.45) is 9.38. The van der Waals surface area contributed by atoms with E-state index in [9.17, 15) is 0 Å². The van der Waals surface area contributed by atoms with Crippen molar-refractivity contribution in [2.45, 2.75) is 25.8 Å². The summed E-state index contributed by atoms with van der Waals surface area (Å²) in [6, 6.07) is 8.06. The predicted octanol–water partition coefficient (Wildman–Crippen LogP) is 2.36. The molecule has 5 heteroatoms. The molecule has 0 amide bonds. The van der Waals surface area contributed by atoms with Crippen molar-refractivity contribution in [2.75, 3.05) is 31.1 Å².